The van der Waals surface area contributed by atoms with Crippen LogP contribution in [0.5, 0.6) is 0 Å². The molecule has 1 N–H and O–H groups in total. The van der Waals surface area contributed by atoms with Crippen LogP contribution in [-0.2, 0) is 5.60 Å². The fourth-order valence-electron chi connectivity index (χ4n) is 2.79. The fraction of sp³-hybridized carbons (Fsp3) is 0.111. The number of aliphatic hydroxyl groups is 1. The van der Waals surface area contributed by atoms with Gasteiger partial charge in [-0.2, -0.15) is 0 Å². The molecule has 0 bridgehead atoms. The van der Waals surface area contributed by atoms with Crippen molar-refractivity contribution in [3.8, 4) is 0 Å². The van der Waals surface area contributed by atoms with Crippen molar-refractivity contribution in [1.29, 1.82) is 0 Å². The Kier molecular flexibility index (Phi) is 2.84. The zero-order valence-electron chi connectivity index (χ0n) is 10.7. The molecule has 0 aliphatic heterocycles. The van der Waals surface area contributed by atoms with Gasteiger partial charge < -0.3 is 5.11 Å². The minimum absolute atomic E-state index is 0.503. The molecule has 1 nitrogen and oxygen atoms in total. The third-order valence-electron chi connectivity index (χ3n) is 3.69. The molecular weight excluding hydrogens is 232 g/mol. The average molecular weight is 248 g/mol. The lowest BCUT2D eigenvalue weighted by atomic mass is 9.81. The quantitative estimate of drug-likeness (QED) is 0.797. The molecule has 0 amide bonds. The van der Waals surface area contributed by atoms with Crippen LogP contribution < -0.4 is 0 Å². The van der Waals surface area contributed by atoms with Gasteiger partial charge in [0.25, 0.3) is 0 Å². The normalized spacial score (nSPS) is 15.2. The summed E-state index contributed by atoms with van der Waals surface area (Å²) in [5, 5.41) is 11.2. The molecule has 0 fully saturated rings. The predicted molar refractivity (Wildman–Crippen MR) is 79.6 cm³/mol. The van der Waals surface area contributed by atoms with Crippen LogP contribution in [0.3, 0.4) is 0 Å². The lowest BCUT2D eigenvalue weighted by molar-refractivity contribution is 0.0840. The van der Waals surface area contributed by atoms with E-state index in [0.717, 1.165) is 22.3 Å². The zero-order chi connectivity index (χ0) is 13.3. The van der Waals surface area contributed by atoms with E-state index in [2.05, 4.69) is 18.7 Å². The maximum atomic E-state index is 11.2. The van der Waals surface area contributed by atoms with Crippen molar-refractivity contribution in [2.45, 2.75) is 12.0 Å². The van der Waals surface area contributed by atoms with Crippen LogP contribution in [0.1, 0.15) is 28.7 Å². The minimum atomic E-state index is -1.00. The van der Waals surface area contributed by atoms with E-state index in [1.807, 2.05) is 48.5 Å². The monoisotopic (exact) mass is 248 g/mol. The Bertz CT molecular complexity index is 603. The van der Waals surface area contributed by atoms with Gasteiger partial charge in [-0.1, -0.05) is 66.8 Å². The van der Waals surface area contributed by atoms with Crippen molar-refractivity contribution >= 4 is 12.2 Å². The van der Waals surface area contributed by atoms with Gasteiger partial charge in [-0.05, 0) is 22.3 Å². The predicted octanol–water partition coefficient (Wildman–Crippen LogP) is 3.98. The van der Waals surface area contributed by atoms with Crippen molar-refractivity contribution in [3.05, 3.63) is 83.4 Å². The Hall–Kier alpha value is -2.12. The van der Waals surface area contributed by atoms with E-state index in [4.69, 9.17) is 0 Å². The van der Waals surface area contributed by atoms with Gasteiger partial charge >= 0.3 is 0 Å². The average Bonchev–Trinajstić information content (AvgIpc) is 2.57. The summed E-state index contributed by atoms with van der Waals surface area (Å²) in [6.45, 7) is 3.80. The van der Waals surface area contributed by atoms with Crippen LogP contribution >= 0.6 is 0 Å². The van der Waals surface area contributed by atoms with Gasteiger partial charge in [0, 0.05) is 6.42 Å². The summed E-state index contributed by atoms with van der Waals surface area (Å²) in [6, 6.07) is 16.0. The molecule has 0 atom stereocenters. The summed E-state index contributed by atoms with van der Waals surface area (Å²) in [4.78, 5) is 0. The topological polar surface area (TPSA) is 20.2 Å². The molecule has 1 aliphatic rings. The van der Waals surface area contributed by atoms with Gasteiger partial charge in [0.15, 0.2) is 0 Å². The van der Waals surface area contributed by atoms with E-state index in [1.54, 1.807) is 6.08 Å². The van der Waals surface area contributed by atoms with Gasteiger partial charge in [0.1, 0.15) is 5.60 Å². The van der Waals surface area contributed by atoms with Crippen LogP contribution in [0, 0.1) is 0 Å². The SMILES string of the molecule is C=CCC1(O)c2ccccc2C=Cc2ccccc21. The van der Waals surface area contributed by atoms with Crippen LogP contribution in [0.25, 0.3) is 12.2 Å². The highest BCUT2D eigenvalue weighted by molar-refractivity contribution is 5.77. The Balaban J connectivity index is 2.33. The van der Waals surface area contributed by atoms with E-state index in [0.29, 0.717) is 6.42 Å². The Morgan fingerprint density at radius 1 is 0.895 bits per heavy atom. The second-order valence-electron chi connectivity index (χ2n) is 4.86. The molecule has 94 valence electrons. The number of fused-ring (bicyclic) bond motifs is 2. The first-order chi connectivity index (χ1) is 9.25. The summed E-state index contributed by atoms with van der Waals surface area (Å²) in [7, 11) is 0. The molecule has 0 aromatic heterocycles. The zero-order valence-corrected chi connectivity index (χ0v) is 10.7. The molecule has 0 saturated heterocycles. The first kappa shape index (κ1) is 11.9. The molecule has 0 radical (unpaired) electrons. The maximum absolute atomic E-state index is 11.2. The Morgan fingerprint density at radius 3 is 1.84 bits per heavy atom. The number of rotatable bonds is 2. The fourth-order valence-corrected chi connectivity index (χ4v) is 2.79. The molecule has 2 aromatic rings. The summed E-state index contributed by atoms with van der Waals surface area (Å²) >= 11 is 0. The molecule has 2 aromatic carbocycles. The second-order valence-corrected chi connectivity index (χ2v) is 4.86. The van der Waals surface area contributed by atoms with Crippen molar-refractivity contribution in [2.75, 3.05) is 0 Å². The van der Waals surface area contributed by atoms with E-state index >= 15 is 0 Å². The molecule has 1 aliphatic carbocycles. The summed E-state index contributed by atoms with van der Waals surface area (Å²) in [6.07, 6.45) is 6.41. The van der Waals surface area contributed by atoms with Crippen LogP contribution in [-0.4, -0.2) is 5.11 Å². The Morgan fingerprint density at radius 2 is 1.37 bits per heavy atom. The lowest BCUT2D eigenvalue weighted by Gasteiger charge is -2.30. The van der Waals surface area contributed by atoms with E-state index in [1.165, 1.54) is 0 Å². The Labute approximate surface area is 113 Å². The van der Waals surface area contributed by atoms with Gasteiger partial charge in [-0.25, -0.2) is 0 Å². The number of hydrogen-bond acceptors (Lipinski definition) is 1. The van der Waals surface area contributed by atoms with Crippen LogP contribution in [0.4, 0.5) is 0 Å². The molecule has 19 heavy (non-hydrogen) atoms. The highest BCUT2D eigenvalue weighted by atomic mass is 16.3. The van der Waals surface area contributed by atoms with Gasteiger partial charge in [0.05, 0.1) is 0 Å². The molecule has 3 rings (SSSR count). The summed E-state index contributed by atoms with van der Waals surface area (Å²) in [5.74, 6) is 0. The molecular formula is C18H16O. The van der Waals surface area contributed by atoms with E-state index in [9.17, 15) is 5.11 Å². The van der Waals surface area contributed by atoms with Crippen molar-refractivity contribution in [1.82, 2.24) is 0 Å². The molecule has 0 spiro atoms. The van der Waals surface area contributed by atoms with Crippen molar-refractivity contribution in [2.24, 2.45) is 0 Å². The first-order valence-electron chi connectivity index (χ1n) is 6.46. The van der Waals surface area contributed by atoms with Gasteiger partial charge in [-0.15, -0.1) is 6.58 Å². The van der Waals surface area contributed by atoms with E-state index in [-0.39, 0.29) is 0 Å². The first-order valence-corrected chi connectivity index (χ1v) is 6.46. The van der Waals surface area contributed by atoms with E-state index < -0.39 is 5.60 Å². The maximum Gasteiger partial charge on any atom is 0.119 e. The molecule has 0 saturated carbocycles. The number of hydrogen-bond donors (Lipinski definition) is 1. The highest BCUT2D eigenvalue weighted by Crippen LogP contribution is 2.40. The summed E-state index contributed by atoms with van der Waals surface area (Å²) < 4.78 is 0. The van der Waals surface area contributed by atoms with Crippen molar-refractivity contribution < 1.29 is 5.11 Å². The second kappa shape index (κ2) is 4.52. The highest BCUT2D eigenvalue weighted by Gasteiger charge is 2.34. The standard InChI is InChI=1S/C18H16O/c1-2-13-18(19)16-9-5-3-7-14(16)11-12-15-8-4-6-10-17(15)18/h2-12,19H,1,13H2. The largest absolute Gasteiger partial charge is 0.380 e. The molecule has 0 unspecified atom stereocenters. The number of benzene rings is 2. The minimum Gasteiger partial charge on any atom is -0.380 e. The third-order valence-corrected chi connectivity index (χ3v) is 3.69. The molecule has 0 heterocycles. The third kappa shape index (κ3) is 1.83. The lowest BCUT2D eigenvalue weighted by Crippen LogP contribution is -2.27. The van der Waals surface area contributed by atoms with Gasteiger partial charge in [0.2, 0.25) is 0 Å². The van der Waals surface area contributed by atoms with Crippen LogP contribution in [0.15, 0.2) is 61.2 Å². The van der Waals surface area contributed by atoms with Crippen LogP contribution in [0.2, 0.25) is 0 Å². The molecule has 1 heteroatoms. The van der Waals surface area contributed by atoms with Crippen molar-refractivity contribution in [3.63, 3.8) is 0 Å². The smallest absolute Gasteiger partial charge is 0.119 e. The van der Waals surface area contributed by atoms with Gasteiger partial charge in [-0.3, -0.25) is 0 Å². The summed E-state index contributed by atoms with van der Waals surface area (Å²) in [5.41, 5.74) is 3.00.